The molecule has 0 fully saturated rings. The first-order valence-electron chi connectivity index (χ1n) is 9.21. The number of thiazole rings is 1. The molecular weight excluding hydrogens is 548 g/mol. The maximum atomic E-state index is 12.6. The van der Waals surface area contributed by atoms with Crippen LogP contribution in [0.5, 0.6) is 11.5 Å². The van der Waals surface area contributed by atoms with Crippen molar-refractivity contribution in [3.8, 4) is 11.5 Å². The molecule has 2 rings (SSSR count). The number of nitrogens with one attached hydrogen (secondary N) is 2. The van der Waals surface area contributed by atoms with Gasteiger partial charge in [0.15, 0.2) is 11.7 Å². The number of aliphatic hydroxyl groups is 1. The van der Waals surface area contributed by atoms with Gasteiger partial charge in [-0.15, -0.1) is 35.3 Å². The predicted molar refractivity (Wildman–Crippen MR) is 125 cm³/mol. The molecule has 0 amide bonds. The van der Waals surface area contributed by atoms with E-state index in [1.54, 1.807) is 18.2 Å². The van der Waals surface area contributed by atoms with Crippen LogP contribution in [0, 0.1) is 0 Å². The molecule has 31 heavy (non-hydrogen) atoms. The molecular formula is C19H26F3IN4O3S. The third-order valence-corrected chi connectivity index (χ3v) is 4.91. The number of ether oxygens (including phenoxy) is 2. The van der Waals surface area contributed by atoms with Crippen LogP contribution < -0.4 is 20.1 Å². The second-order valence-electron chi connectivity index (χ2n) is 6.18. The second kappa shape index (κ2) is 12.9. The number of aliphatic hydroxyl groups excluding tert-OH is 1. The first-order chi connectivity index (χ1) is 14.3. The highest BCUT2D eigenvalue weighted by atomic mass is 127. The summed E-state index contributed by atoms with van der Waals surface area (Å²) in [6.07, 6.45) is -5.00. The van der Waals surface area contributed by atoms with Gasteiger partial charge in [-0.1, -0.05) is 0 Å². The molecule has 1 aromatic heterocycles. The molecule has 7 nitrogen and oxygen atoms in total. The van der Waals surface area contributed by atoms with Crippen LogP contribution in [0.4, 0.5) is 13.2 Å². The lowest BCUT2D eigenvalue weighted by molar-refractivity contribution is -0.140. The molecule has 0 aliphatic carbocycles. The van der Waals surface area contributed by atoms with Crippen LogP contribution in [0.15, 0.2) is 28.6 Å². The molecule has 0 saturated carbocycles. The normalized spacial score (nSPS) is 12.7. The van der Waals surface area contributed by atoms with Crippen LogP contribution in [0.25, 0.3) is 0 Å². The van der Waals surface area contributed by atoms with Crippen molar-refractivity contribution in [1.82, 2.24) is 15.6 Å². The van der Waals surface area contributed by atoms with Gasteiger partial charge in [0.25, 0.3) is 0 Å². The number of halogens is 4. The predicted octanol–water partition coefficient (Wildman–Crippen LogP) is 3.63. The number of nitrogens with zero attached hydrogens (tertiary/aromatic N) is 2. The van der Waals surface area contributed by atoms with Crippen LogP contribution >= 0.6 is 35.3 Å². The first kappa shape index (κ1) is 27.2. The third kappa shape index (κ3) is 8.69. The summed E-state index contributed by atoms with van der Waals surface area (Å²) >= 11 is 0.969. The van der Waals surface area contributed by atoms with E-state index in [4.69, 9.17) is 9.47 Å². The van der Waals surface area contributed by atoms with E-state index < -0.39 is 18.0 Å². The molecule has 0 aliphatic rings. The zero-order valence-corrected chi connectivity index (χ0v) is 20.5. The van der Waals surface area contributed by atoms with Crippen LogP contribution in [-0.4, -0.2) is 49.9 Å². The number of aromatic nitrogens is 1. The van der Waals surface area contributed by atoms with E-state index in [0.717, 1.165) is 16.7 Å². The van der Waals surface area contributed by atoms with Crippen molar-refractivity contribution in [3.05, 3.63) is 39.8 Å². The minimum absolute atomic E-state index is 0. The van der Waals surface area contributed by atoms with E-state index >= 15 is 0 Å². The molecule has 1 atom stereocenters. The Kier molecular flexibility index (Phi) is 11.3. The highest BCUT2D eigenvalue weighted by molar-refractivity contribution is 14.0. The van der Waals surface area contributed by atoms with Crippen molar-refractivity contribution in [2.24, 2.45) is 4.99 Å². The first-order valence-corrected chi connectivity index (χ1v) is 10.1. The van der Waals surface area contributed by atoms with E-state index in [-0.39, 0.29) is 30.5 Å². The molecule has 0 aliphatic heterocycles. The lowest BCUT2D eigenvalue weighted by Crippen LogP contribution is -2.38. The van der Waals surface area contributed by atoms with Crippen LogP contribution in [-0.2, 0) is 12.6 Å². The summed E-state index contributed by atoms with van der Waals surface area (Å²) in [7, 11) is 3.05. The molecule has 0 bridgehead atoms. The number of hydrogen-bond acceptors (Lipinski definition) is 6. The van der Waals surface area contributed by atoms with Gasteiger partial charge >= 0.3 is 6.18 Å². The van der Waals surface area contributed by atoms with Crippen molar-refractivity contribution in [2.75, 3.05) is 33.9 Å². The van der Waals surface area contributed by atoms with E-state index in [2.05, 4.69) is 20.6 Å². The molecule has 174 valence electrons. The topological polar surface area (TPSA) is 88.0 Å². The smallest absolute Gasteiger partial charge is 0.434 e. The Bertz CT molecular complexity index is 827. The quantitative estimate of drug-likeness (QED) is 0.241. The van der Waals surface area contributed by atoms with Gasteiger partial charge in [-0.05, 0) is 24.6 Å². The summed E-state index contributed by atoms with van der Waals surface area (Å²) in [5.74, 6) is 1.55. The number of alkyl halides is 3. The van der Waals surface area contributed by atoms with E-state index in [1.165, 1.54) is 14.2 Å². The average molecular weight is 574 g/mol. The Morgan fingerprint density at radius 2 is 1.84 bits per heavy atom. The Morgan fingerprint density at radius 3 is 2.35 bits per heavy atom. The number of guanidine groups is 1. The molecule has 2 aromatic rings. The largest absolute Gasteiger partial charge is 0.497 e. The molecule has 1 aromatic carbocycles. The Hall–Kier alpha value is -1.80. The van der Waals surface area contributed by atoms with Gasteiger partial charge in [0.05, 0.1) is 31.9 Å². The van der Waals surface area contributed by atoms with Crippen molar-refractivity contribution in [1.29, 1.82) is 0 Å². The van der Waals surface area contributed by atoms with Crippen molar-refractivity contribution in [2.45, 2.75) is 25.6 Å². The van der Waals surface area contributed by atoms with Gasteiger partial charge in [0.1, 0.15) is 11.5 Å². The summed E-state index contributed by atoms with van der Waals surface area (Å²) in [5.41, 5.74) is -0.284. The monoisotopic (exact) mass is 574 g/mol. The summed E-state index contributed by atoms with van der Waals surface area (Å²) in [4.78, 5) is 7.94. The zero-order valence-electron chi connectivity index (χ0n) is 17.3. The van der Waals surface area contributed by atoms with Gasteiger partial charge in [-0.25, -0.2) is 4.98 Å². The number of hydrogen-bond donors (Lipinski definition) is 3. The molecule has 0 radical (unpaired) electrons. The lowest BCUT2D eigenvalue weighted by atomic mass is 10.1. The fourth-order valence-corrected chi connectivity index (χ4v) is 3.30. The fraction of sp³-hybridized carbons (Fsp3) is 0.474. The fourth-order valence-electron chi connectivity index (χ4n) is 2.49. The lowest BCUT2D eigenvalue weighted by Gasteiger charge is -2.14. The summed E-state index contributed by atoms with van der Waals surface area (Å²) in [6.45, 7) is 2.89. The number of rotatable bonds is 9. The Labute approximate surface area is 200 Å². The molecule has 1 heterocycles. The van der Waals surface area contributed by atoms with Gasteiger partial charge in [-0.3, -0.25) is 4.99 Å². The minimum atomic E-state index is -4.43. The molecule has 3 N–H and O–H groups in total. The minimum Gasteiger partial charge on any atom is -0.497 e. The van der Waals surface area contributed by atoms with Gasteiger partial charge < -0.3 is 25.2 Å². The van der Waals surface area contributed by atoms with E-state index in [0.29, 0.717) is 47.5 Å². The molecule has 0 saturated heterocycles. The van der Waals surface area contributed by atoms with Crippen molar-refractivity contribution in [3.63, 3.8) is 0 Å². The third-order valence-electron chi connectivity index (χ3n) is 4.00. The maximum absolute atomic E-state index is 12.6. The van der Waals surface area contributed by atoms with Crippen LogP contribution in [0.3, 0.4) is 0 Å². The number of methoxy groups -OCH3 is 2. The standard InChI is InChI=1S/C19H25F3N4O3S.HI/c1-4-23-18(24-6-5-17-26-16(11-30-17)19(20,21)22)25-10-15(27)12-7-13(28-2)9-14(8-12)29-3;/h7-9,11,15,27H,4-6,10H2,1-3H3,(H2,23,24,25);1H. The highest BCUT2D eigenvalue weighted by Crippen LogP contribution is 2.30. The van der Waals surface area contributed by atoms with Gasteiger partial charge in [0.2, 0.25) is 0 Å². The van der Waals surface area contributed by atoms with Crippen molar-refractivity contribution >= 4 is 41.3 Å². The van der Waals surface area contributed by atoms with Crippen molar-refractivity contribution < 1.29 is 27.8 Å². The molecule has 0 spiro atoms. The van der Waals surface area contributed by atoms with Crippen LogP contribution in [0.2, 0.25) is 0 Å². The van der Waals surface area contributed by atoms with E-state index in [9.17, 15) is 18.3 Å². The SMILES string of the molecule is CCNC(=NCC(O)c1cc(OC)cc(OC)c1)NCCc1nc(C(F)(F)F)cs1.I. The summed E-state index contributed by atoms with van der Waals surface area (Å²) < 4.78 is 48.3. The zero-order chi connectivity index (χ0) is 22.1. The van der Waals surface area contributed by atoms with E-state index in [1.807, 2.05) is 6.92 Å². The summed E-state index contributed by atoms with van der Waals surface area (Å²) in [5, 5.41) is 17.9. The van der Waals surface area contributed by atoms with Gasteiger partial charge in [-0.2, -0.15) is 13.2 Å². The molecule has 12 heteroatoms. The Balaban J connectivity index is 0.00000480. The average Bonchev–Trinajstić information content (AvgIpc) is 3.20. The summed E-state index contributed by atoms with van der Waals surface area (Å²) in [6, 6.07) is 5.10. The maximum Gasteiger partial charge on any atom is 0.434 e. The highest BCUT2D eigenvalue weighted by Gasteiger charge is 2.33. The Morgan fingerprint density at radius 1 is 1.19 bits per heavy atom. The molecule has 1 unspecified atom stereocenters. The number of benzene rings is 1. The second-order valence-corrected chi connectivity index (χ2v) is 7.13. The van der Waals surface area contributed by atoms with Crippen LogP contribution in [0.1, 0.15) is 29.3 Å². The van der Waals surface area contributed by atoms with Gasteiger partial charge in [0, 0.05) is 31.0 Å². The number of aliphatic imine (C=N–C) groups is 1.